The topological polar surface area (TPSA) is 80.1 Å². The smallest absolute Gasteiger partial charge is 0.242 e. The maximum atomic E-state index is 12.4. The maximum absolute atomic E-state index is 12.4. The highest BCUT2D eigenvalue weighted by molar-refractivity contribution is 5.89. The van der Waals surface area contributed by atoms with E-state index in [1.54, 1.807) is 17.1 Å². The van der Waals surface area contributed by atoms with Crippen LogP contribution in [0.3, 0.4) is 0 Å². The largest absolute Gasteiger partial charge is 0.354 e. The summed E-state index contributed by atoms with van der Waals surface area (Å²) >= 11 is 0. The summed E-state index contributed by atoms with van der Waals surface area (Å²) in [6, 6.07) is -0.270. The fourth-order valence-electron chi connectivity index (χ4n) is 2.96. The molecule has 7 nitrogen and oxygen atoms in total. The minimum absolute atomic E-state index is 0.00714. The van der Waals surface area contributed by atoms with Gasteiger partial charge in [-0.1, -0.05) is 5.21 Å². The summed E-state index contributed by atoms with van der Waals surface area (Å²) in [6.07, 6.45) is 9.04. The lowest BCUT2D eigenvalue weighted by Crippen LogP contribution is -2.52. The van der Waals surface area contributed by atoms with Crippen molar-refractivity contribution in [2.75, 3.05) is 13.1 Å². The third-order valence-electron chi connectivity index (χ3n) is 4.35. The van der Waals surface area contributed by atoms with E-state index in [1.807, 2.05) is 4.90 Å². The molecule has 1 saturated heterocycles. The molecule has 2 amide bonds. The van der Waals surface area contributed by atoms with Crippen molar-refractivity contribution in [3.05, 3.63) is 12.4 Å². The molecule has 2 heterocycles. The Labute approximate surface area is 130 Å². The molecule has 1 atom stereocenters. The molecular formula is C15H23N5O2. The number of aryl methyl sites for hydroxylation is 1. The van der Waals surface area contributed by atoms with E-state index >= 15 is 0 Å². The van der Waals surface area contributed by atoms with E-state index in [-0.39, 0.29) is 23.8 Å². The first-order chi connectivity index (χ1) is 10.8. The summed E-state index contributed by atoms with van der Waals surface area (Å²) in [6.45, 7) is 2.06. The van der Waals surface area contributed by atoms with Gasteiger partial charge in [-0.2, -0.15) is 0 Å². The predicted molar refractivity (Wildman–Crippen MR) is 79.7 cm³/mol. The zero-order chi connectivity index (χ0) is 15.4. The van der Waals surface area contributed by atoms with Crippen LogP contribution in [0.2, 0.25) is 0 Å². The van der Waals surface area contributed by atoms with Gasteiger partial charge in [-0.15, -0.1) is 5.10 Å². The molecule has 0 unspecified atom stereocenters. The number of rotatable bonds is 6. The van der Waals surface area contributed by atoms with Crippen LogP contribution in [0.4, 0.5) is 0 Å². The summed E-state index contributed by atoms with van der Waals surface area (Å²) < 4.78 is 1.75. The summed E-state index contributed by atoms with van der Waals surface area (Å²) in [5, 5.41) is 10.6. The molecule has 1 N–H and O–H groups in total. The third-order valence-corrected chi connectivity index (χ3v) is 4.35. The van der Waals surface area contributed by atoms with E-state index in [0.29, 0.717) is 6.54 Å². The van der Waals surface area contributed by atoms with Crippen LogP contribution in [0.15, 0.2) is 12.4 Å². The Balaban J connectivity index is 1.45. The fraction of sp³-hybridized carbons (Fsp3) is 0.733. The van der Waals surface area contributed by atoms with Crippen molar-refractivity contribution in [2.24, 2.45) is 5.92 Å². The van der Waals surface area contributed by atoms with Crippen molar-refractivity contribution in [1.29, 1.82) is 0 Å². The zero-order valence-electron chi connectivity index (χ0n) is 12.8. The molecule has 1 aliphatic carbocycles. The van der Waals surface area contributed by atoms with E-state index in [4.69, 9.17) is 0 Å². The number of hydrogen-bond acceptors (Lipinski definition) is 4. The van der Waals surface area contributed by atoms with Crippen molar-refractivity contribution in [1.82, 2.24) is 25.2 Å². The minimum atomic E-state index is -0.270. The lowest BCUT2D eigenvalue weighted by molar-refractivity contribution is -0.143. The number of carbonyl (C=O) groups excluding carboxylic acids is 2. The number of hydrogen-bond donors (Lipinski definition) is 1. The molecule has 2 fully saturated rings. The van der Waals surface area contributed by atoms with Gasteiger partial charge in [0, 0.05) is 31.7 Å². The Hall–Kier alpha value is -1.92. The van der Waals surface area contributed by atoms with Crippen molar-refractivity contribution in [3.63, 3.8) is 0 Å². The first-order valence-electron chi connectivity index (χ1n) is 8.18. The van der Waals surface area contributed by atoms with Crippen LogP contribution in [-0.2, 0) is 16.1 Å². The first-order valence-corrected chi connectivity index (χ1v) is 8.18. The molecular weight excluding hydrogens is 282 g/mol. The number of piperidine rings is 1. The van der Waals surface area contributed by atoms with Gasteiger partial charge < -0.3 is 10.2 Å². The van der Waals surface area contributed by atoms with Crippen LogP contribution in [0.25, 0.3) is 0 Å². The fourth-order valence-corrected chi connectivity index (χ4v) is 2.96. The van der Waals surface area contributed by atoms with Crippen LogP contribution < -0.4 is 5.32 Å². The van der Waals surface area contributed by atoms with E-state index < -0.39 is 0 Å². The molecule has 22 heavy (non-hydrogen) atoms. The second-order valence-corrected chi connectivity index (χ2v) is 6.13. The molecule has 0 spiro atoms. The van der Waals surface area contributed by atoms with Crippen LogP contribution >= 0.6 is 0 Å². The van der Waals surface area contributed by atoms with Gasteiger partial charge in [0.05, 0.1) is 6.20 Å². The lowest BCUT2D eigenvalue weighted by atomic mass is 10.0. The molecule has 0 radical (unpaired) electrons. The molecule has 0 aromatic carbocycles. The van der Waals surface area contributed by atoms with Crippen molar-refractivity contribution in [3.8, 4) is 0 Å². The highest BCUT2D eigenvalue weighted by atomic mass is 16.2. The van der Waals surface area contributed by atoms with Crippen molar-refractivity contribution < 1.29 is 9.59 Å². The van der Waals surface area contributed by atoms with E-state index in [1.165, 1.54) is 0 Å². The van der Waals surface area contributed by atoms with Crippen LogP contribution in [-0.4, -0.2) is 50.8 Å². The SMILES string of the molecule is O=C(NCCCn1ccnn1)[C@H]1CCCCN1C(=O)C1CC1. The Morgan fingerprint density at radius 1 is 1.23 bits per heavy atom. The summed E-state index contributed by atoms with van der Waals surface area (Å²) in [4.78, 5) is 26.5. The van der Waals surface area contributed by atoms with Gasteiger partial charge in [-0.3, -0.25) is 14.3 Å². The molecule has 7 heteroatoms. The van der Waals surface area contributed by atoms with Gasteiger partial charge in [0.2, 0.25) is 11.8 Å². The Kier molecular flexibility index (Phi) is 4.70. The second kappa shape index (κ2) is 6.89. The van der Waals surface area contributed by atoms with Gasteiger partial charge in [0.1, 0.15) is 6.04 Å². The Morgan fingerprint density at radius 2 is 2.09 bits per heavy atom. The highest BCUT2D eigenvalue weighted by Gasteiger charge is 2.39. The molecule has 3 rings (SSSR count). The first kappa shape index (κ1) is 15.0. The predicted octanol–water partition coefficient (Wildman–Crippen LogP) is 0.575. The van der Waals surface area contributed by atoms with Crippen molar-refractivity contribution >= 4 is 11.8 Å². The number of nitrogens with zero attached hydrogens (tertiary/aromatic N) is 4. The maximum Gasteiger partial charge on any atom is 0.242 e. The minimum Gasteiger partial charge on any atom is -0.354 e. The Morgan fingerprint density at radius 3 is 2.82 bits per heavy atom. The number of nitrogens with one attached hydrogen (secondary N) is 1. The van der Waals surface area contributed by atoms with Gasteiger partial charge in [0.15, 0.2) is 0 Å². The monoisotopic (exact) mass is 305 g/mol. The summed E-state index contributed by atoms with van der Waals surface area (Å²) in [5.74, 6) is 0.357. The number of aromatic nitrogens is 3. The molecule has 0 bridgehead atoms. The number of carbonyl (C=O) groups is 2. The lowest BCUT2D eigenvalue weighted by Gasteiger charge is -2.35. The van der Waals surface area contributed by atoms with Crippen molar-refractivity contribution in [2.45, 2.75) is 51.1 Å². The zero-order valence-corrected chi connectivity index (χ0v) is 12.8. The van der Waals surface area contributed by atoms with Gasteiger partial charge in [0.25, 0.3) is 0 Å². The number of amides is 2. The second-order valence-electron chi connectivity index (χ2n) is 6.13. The van der Waals surface area contributed by atoms with E-state index in [9.17, 15) is 9.59 Å². The van der Waals surface area contributed by atoms with Gasteiger partial charge in [-0.05, 0) is 38.5 Å². The third kappa shape index (κ3) is 3.64. The van der Waals surface area contributed by atoms with Crippen LogP contribution in [0.1, 0.15) is 38.5 Å². The molecule has 1 aliphatic heterocycles. The van der Waals surface area contributed by atoms with Crippen LogP contribution in [0.5, 0.6) is 0 Å². The van der Waals surface area contributed by atoms with Gasteiger partial charge >= 0.3 is 0 Å². The van der Waals surface area contributed by atoms with E-state index in [0.717, 1.165) is 51.6 Å². The molecule has 1 aromatic rings. The summed E-state index contributed by atoms with van der Waals surface area (Å²) in [7, 11) is 0. The normalized spacial score (nSPS) is 21.6. The quantitative estimate of drug-likeness (QED) is 0.780. The average Bonchev–Trinajstić information content (AvgIpc) is 3.27. The Bertz CT molecular complexity index is 512. The standard InChI is InChI=1S/C15H23N5O2/c21-14(16-7-3-9-19-11-8-17-18-19)13-4-1-2-10-20(13)15(22)12-5-6-12/h8,11-13H,1-7,9-10H2,(H,16,21)/t13-/m1/s1. The summed E-state index contributed by atoms with van der Waals surface area (Å²) in [5.41, 5.74) is 0. The molecule has 1 aromatic heterocycles. The molecule has 1 saturated carbocycles. The van der Waals surface area contributed by atoms with Gasteiger partial charge in [-0.25, -0.2) is 0 Å². The number of likely N-dealkylation sites (tertiary alicyclic amines) is 1. The van der Waals surface area contributed by atoms with E-state index in [2.05, 4.69) is 15.6 Å². The average molecular weight is 305 g/mol. The highest BCUT2D eigenvalue weighted by Crippen LogP contribution is 2.33. The van der Waals surface area contributed by atoms with Crippen LogP contribution in [0, 0.1) is 5.92 Å². The molecule has 2 aliphatic rings. The molecule has 120 valence electrons.